The van der Waals surface area contributed by atoms with Crippen LogP contribution in [0.25, 0.3) is 0 Å². The van der Waals surface area contributed by atoms with E-state index in [-0.39, 0.29) is 11.0 Å². The summed E-state index contributed by atoms with van der Waals surface area (Å²) in [6, 6.07) is 7.40. The van der Waals surface area contributed by atoms with Crippen molar-refractivity contribution in [1.82, 2.24) is 10.2 Å². The third kappa shape index (κ3) is 4.04. The minimum Gasteiger partial charge on any atom is -0.360 e. The van der Waals surface area contributed by atoms with E-state index in [2.05, 4.69) is 31.4 Å². The fraction of sp³-hybridized carbons (Fsp3) is 0.308. The Morgan fingerprint density at radius 3 is 2.75 bits per heavy atom. The number of Topliss-reactive ketones (excluding diaryl/α,β-unsaturated/α-hetero) is 1. The van der Waals surface area contributed by atoms with Crippen LogP contribution in [0.1, 0.15) is 24.2 Å². The van der Waals surface area contributed by atoms with E-state index in [1.807, 2.05) is 38.1 Å². The Balaban J connectivity index is 2.01. The molecule has 0 amide bonds. The number of nitrogens with zero attached hydrogens (tertiary/aromatic N) is 2. The molecule has 1 heterocycles. The predicted octanol–water partition coefficient (Wildman–Crippen LogP) is 4.10. The Labute approximate surface area is 134 Å². The van der Waals surface area contributed by atoms with Gasteiger partial charge in [-0.1, -0.05) is 51.2 Å². The number of nitrogens with one attached hydrogen (secondary N) is 1. The molecule has 0 aliphatic heterocycles. The summed E-state index contributed by atoms with van der Waals surface area (Å²) in [7, 11) is 0. The molecule has 0 bridgehead atoms. The van der Waals surface area contributed by atoms with Gasteiger partial charge in [0.1, 0.15) is 0 Å². The molecule has 2 aromatic rings. The summed E-state index contributed by atoms with van der Waals surface area (Å²) in [5, 5.41) is 11.8. The second-order valence-corrected chi connectivity index (χ2v) is 7.52. The van der Waals surface area contributed by atoms with Gasteiger partial charge in [-0.2, -0.15) is 0 Å². The van der Waals surface area contributed by atoms with Gasteiger partial charge in [0.05, 0.1) is 5.25 Å². The van der Waals surface area contributed by atoms with Crippen LogP contribution in [0.15, 0.2) is 33.1 Å². The molecule has 0 unspecified atom stereocenters. The van der Waals surface area contributed by atoms with Crippen LogP contribution in [-0.4, -0.2) is 27.8 Å². The topological polar surface area (TPSA) is 54.9 Å². The normalized spacial score (nSPS) is 12.2. The number of anilines is 1. The van der Waals surface area contributed by atoms with E-state index in [1.54, 1.807) is 0 Å². The van der Waals surface area contributed by atoms with Crippen LogP contribution in [0.3, 0.4) is 0 Å². The SMILES string of the molecule is CCNc1nnc(S[C@H](C)C(=O)c2ccc(Br)cc2)s1. The lowest BCUT2D eigenvalue weighted by atomic mass is 10.1. The van der Waals surface area contributed by atoms with Crippen molar-refractivity contribution in [3.8, 4) is 0 Å². The van der Waals surface area contributed by atoms with Gasteiger partial charge in [0.25, 0.3) is 0 Å². The van der Waals surface area contributed by atoms with Gasteiger partial charge in [-0.25, -0.2) is 0 Å². The van der Waals surface area contributed by atoms with Gasteiger partial charge in [0.15, 0.2) is 10.1 Å². The minimum atomic E-state index is -0.182. The molecule has 0 saturated heterocycles. The smallest absolute Gasteiger partial charge is 0.206 e. The summed E-state index contributed by atoms with van der Waals surface area (Å²) in [5.74, 6) is 0.0997. The van der Waals surface area contributed by atoms with Crippen molar-refractivity contribution in [3.05, 3.63) is 34.3 Å². The van der Waals surface area contributed by atoms with Crippen LogP contribution in [0, 0.1) is 0 Å². The molecule has 20 heavy (non-hydrogen) atoms. The fourth-order valence-corrected chi connectivity index (χ4v) is 3.84. The first-order chi connectivity index (χ1) is 9.60. The number of halogens is 1. The lowest BCUT2D eigenvalue weighted by Gasteiger charge is -2.07. The van der Waals surface area contributed by atoms with Crippen LogP contribution >= 0.6 is 39.0 Å². The zero-order valence-corrected chi connectivity index (χ0v) is 14.3. The van der Waals surface area contributed by atoms with Gasteiger partial charge in [-0.05, 0) is 26.0 Å². The predicted molar refractivity (Wildman–Crippen MR) is 87.9 cm³/mol. The number of rotatable bonds is 6. The van der Waals surface area contributed by atoms with Crippen LogP contribution in [0.2, 0.25) is 0 Å². The number of carbonyl (C=O) groups excluding carboxylic acids is 1. The number of carbonyl (C=O) groups is 1. The zero-order chi connectivity index (χ0) is 14.5. The van der Waals surface area contributed by atoms with Gasteiger partial charge in [-0.3, -0.25) is 4.79 Å². The second-order valence-electron chi connectivity index (χ2n) is 4.03. The van der Waals surface area contributed by atoms with E-state index in [4.69, 9.17) is 0 Å². The third-order valence-corrected chi connectivity index (χ3v) is 5.10. The molecule has 1 aromatic heterocycles. The number of ketones is 1. The Kier molecular flexibility index (Phi) is 5.56. The number of hydrogen-bond acceptors (Lipinski definition) is 6. The van der Waals surface area contributed by atoms with Crippen molar-refractivity contribution in [2.45, 2.75) is 23.4 Å². The van der Waals surface area contributed by atoms with Crippen molar-refractivity contribution in [1.29, 1.82) is 0 Å². The van der Waals surface area contributed by atoms with Crippen molar-refractivity contribution in [2.75, 3.05) is 11.9 Å². The number of hydrogen-bond donors (Lipinski definition) is 1. The quantitative estimate of drug-likeness (QED) is 0.611. The molecule has 106 valence electrons. The van der Waals surface area contributed by atoms with E-state index in [0.717, 1.165) is 20.5 Å². The van der Waals surface area contributed by atoms with E-state index >= 15 is 0 Å². The highest BCUT2D eigenvalue weighted by Crippen LogP contribution is 2.30. The molecule has 0 spiro atoms. The Hall–Kier alpha value is -0.920. The molecule has 0 radical (unpaired) electrons. The Morgan fingerprint density at radius 2 is 2.10 bits per heavy atom. The van der Waals surface area contributed by atoms with Crippen molar-refractivity contribution in [2.24, 2.45) is 0 Å². The van der Waals surface area contributed by atoms with E-state index in [1.165, 1.54) is 23.1 Å². The fourth-order valence-electron chi connectivity index (χ4n) is 1.53. The van der Waals surface area contributed by atoms with Gasteiger partial charge in [0, 0.05) is 16.6 Å². The summed E-state index contributed by atoms with van der Waals surface area (Å²) in [6.45, 7) is 4.71. The lowest BCUT2D eigenvalue weighted by Crippen LogP contribution is -2.13. The van der Waals surface area contributed by atoms with Crippen LogP contribution in [-0.2, 0) is 0 Å². The maximum Gasteiger partial charge on any atom is 0.206 e. The van der Waals surface area contributed by atoms with Crippen LogP contribution in [0.4, 0.5) is 5.13 Å². The summed E-state index contributed by atoms with van der Waals surface area (Å²) in [4.78, 5) is 12.3. The first kappa shape index (κ1) is 15.5. The first-order valence-electron chi connectivity index (χ1n) is 6.14. The van der Waals surface area contributed by atoms with E-state index in [9.17, 15) is 4.79 Å². The molecule has 0 fully saturated rings. The molecular weight excluding hydrogens is 358 g/mol. The molecule has 4 nitrogen and oxygen atoms in total. The van der Waals surface area contributed by atoms with Crippen LogP contribution in [0.5, 0.6) is 0 Å². The Morgan fingerprint density at radius 1 is 1.40 bits per heavy atom. The standard InChI is InChI=1S/C13H14BrN3OS2/c1-3-15-12-16-17-13(20-12)19-8(2)11(18)9-4-6-10(14)7-5-9/h4-8H,3H2,1-2H3,(H,15,16)/t8-/m1/s1. The minimum absolute atomic E-state index is 0.0997. The van der Waals surface area contributed by atoms with Gasteiger partial charge < -0.3 is 5.32 Å². The van der Waals surface area contributed by atoms with Gasteiger partial charge >= 0.3 is 0 Å². The second kappa shape index (κ2) is 7.19. The lowest BCUT2D eigenvalue weighted by molar-refractivity contribution is 0.0994. The van der Waals surface area contributed by atoms with Crippen molar-refractivity contribution >= 4 is 49.9 Å². The number of benzene rings is 1. The van der Waals surface area contributed by atoms with Crippen LogP contribution < -0.4 is 5.32 Å². The van der Waals surface area contributed by atoms with Gasteiger partial charge in [0.2, 0.25) is 5.13 Å². The maximum atomic E-state index is 12.3. The highest BCUT2D eigenvalue weighted by atomic mass is 79.9. The maximum absolute atomic E-state index is 12.3. The van der Waals surface area contributed by atoms with E-state index in [0.29, 0.717) is 5.56 Å². The van der Waals surface area contributed by atoms with Gasteiger partial charge in [-0.15, -0.1) is 10.2 Å². The monoisotopic (exact) mass is 371 g/mol. The van der Waals surface area contributed by atoms with Crippen molar-refractivity contribution in [3.63, 3.8) is 0 Å². The number of aromatic nitrogens is 2. The molecular formula is C13H14BrN3OS2. The molecule has 2 rings (SSSR count). The highest BCUT2D eigenvalue weighted by molar-refractivity contribution is 9.10. The molecule has 0 saturated carbocycles. The summed E-state index contributed by atoms with van der Waals surface area (Å²) < 4.78 is 1.77. The highest BCUT2D eigenvalue weighted by Gasteiger charge is 2.18. The largest absolute Gasteiger partial charge is 0.360 e. The summed E-state index contributed by atoms with van der Waals surface area (Å²) >= 11 is 6.27. The molecule has 0 aliphatic carbocycles. The average Bonchev–Trinajstić information content (AvgIpc) is 2.86. The average molecular weight is 372 g/mol. The Bertz CT molecular complexity index is 586. The zero-order valence-electron chi connectivity index (χ0n) is 11.1. The number of thioether (sulfide) groups is 1. The summed E-state index contributed by atoms with van der Waals surface area (Å²) in [5.41, 5.74) is 0.713. The molecule has 1 atom stereocenters. The van der Waals surface area contributed by atoms with E-state index < -0.39 is 0 Å². The molecule has 1 N–H and O–H groups in total. The molecule has 7 heteroatoms. The third-order valence-electron chi connectivity index (χ3n) is 2.51. The molecule has 0 aliphatic rings. The van der Waals surface area contributed by atoms with Crippen molar-refractivity contribution < 1.29 is 4.79 Å². The molecule has 1 aromatic carbocycles. The summed E-state index contributed by atoms with van der Waals surface area (Å²) in [6.07, 6.45) is 0. The first-order valence-corrected chi connectivity index (χ1v) is 8.63.